The average molecular weight is 577 g/mol. The average Bonchev–Trinajstić information content (AvgIpc) is 3.76. The van der Waals surface area contributed by atoms with E-state index in [1.165, 1.54) is 70.3 Å². The summed E-state index contributed by atoms with van der Waals surface area (Å²) >= 11 is 0. The Hall–Kier alpha value is -1.24. The van der Waals surface area contributed by atoms with Crippen LogP contribution in [0.25, 0.3) is 0 Å². The summed E-state index contributed by atoms with van der Waals surface area (Å²) in [5.41, 5.74) is 1.64. The van der Waals surface area contributed by atoms with Crippen molar-refractivity contribution < 1.29 is 14.6 Å². The van der Waals surface area contributed by atoms with E-state index in [0.29, 0.717) is 17.9 Å². The van der Waals surface area contributed by atoms with Crippen molar-refractivity contribution >= 4 is 0 Å². The summed E-state index contributed by atoms with van der Waals surface area (Å²) in [6.45, 7) is 13.5. The van der Waals surface area contributed by atoms with E-state index in [9.17, 15) is 5.11 Å². The van der Waals surface area contributed by atoms with E-state index in [2.05, 4.69) is 60.1 Å². The van der Waals surface area contributed by atoms with Gasteiger partial charge in [-0.05, 0) is 126 Å². The molecule has 5 heteroatoms. The Morgan fingerprint density at radius 1 is 0.810 bits per heavy atom. The van der Waals surface area contributed by atoms with Gasteiger partial charge in [-0.3, -0.25) is 0 Å². The molecule has 0 aromatic heterocycles. The summed E-state index contributed by atoms with van der Waals surface area (Å²) in [6.07, 6.45) is 16.6. The molecule has 2 heterocycles. The molecule has 5 nitrogen and oxygen atoms in total. The zero-order chi connectivity index (χ0) is 28.8. The van der Waals surface area contributed by atoms with Gasteiger partial charge in [0.1, 0.15) is 5.60 Å². The number of aliphatic hydroxyl groups is 1. The Bertz CT molecular complexity index is 1110. The van der Waals surface area contributed by atoms with Crippen LogP contribution in [-0.4, -0.2) is 79.1 Å². The summed E-state index contributed by atoms with van der Waals surface area (Å²) in [6, 6.07) is 11.0. The lowest BCUT2D eigenvalue weighted by Crippen LogP contribution is -2.63. The lowest BCUT2D eigenvalue weighted by Gasteiger charge is -2.63. The predicted molar refractivity (Wildman–Crippen MR) is 168 cm³/mol. The number of benzene rings is 1. The predicted octanol–water partition coefficient (Wildman–Crippen LogP) is 6.55. The molecule has 1 N–H and O–H groups in total. The summed E-state index contributed by atoms with van der Waals surface area (Å²) in [5, 5.41) is 13.0. The largest absolute Gasteiger partial charge is 0.389 e. The second kappa shape index (κ2) is 11.6. The lowest BCUT2D eigenvalue weighted by atomic mass is 9.45. The van der Waals surface area contributed by atoms with Crippen molar-refractivity contribution in [3.8, 4) is 0 Å². The zero-order valence-electron chi connectivity index (χ0n) is 26.5. The lowest BCUT2D eigenvalue weighted by molar-refractivity contribution is -0.233. The molecule has 2 aliphatic heterocycles. The van der Waals surface area contributed by atoms with Crippen LogP contribution in [0.1, 0.15) is 96.5 Å². The van der Waals surface area contributed by atoms with Crippen molar-refractivity contribution in [2.75, 3.05) is 52.5 Å². The molecule has 232 valence electrons. The Balaban J connectivity index is 1.10. The number of hydrogen-bond acceptors (Lipinski definition) is 5. The standard InChI is InChI=1S/C37H56N2O3/c1-34-16-14-31(41-26-24-38-20-6-7-21-38)28-30(34)12-13-33-32(34)15-17-35(2)36(33,40)18-19-37(35,29-10-4-3-5-11-29)42-27-25-39-22-8-9-23-39/h3-5,10-12,31-33,40H,6-9,13-28H2,1-2H3/t31-,32-,33+,34-,35-,36-,37-/m0/s1. The van der Waals surface area contributed by atoms with Crippen molar-refractivity contribution in [3.63, 3.8) is 0 Å². The van der Waals surface area contributed by atoms with Gasteiger partial charge in [-0.1, -0.05) is 55.8 Å². The number of hydrogen-bond donors (Lipinski definition) is 1. The first kappa shape index (κ1) is 29.5. The Morgan fingerprint density at radius 2 is 1.50 bits per heavy atom. The summed E-state index contributed by atoms with van der Waals surface area (Å²) in [5.74, 6) is 0.836. The van der Waals surface area contributed by atoms with Crippen LogP contribution in [-0.2, 0) is 15.1 Å². The Morgan fingerprint density at radius 3 is 2.21 bits per heavy atom. The second-order valence-corrected chi connectivity index (χ2v) is 15.3. The molecule has 0 amide bonds. The number of allylic oxidation sites excluding steroid dienone is 1. The molecule has 7 rings (SSSR count). The number of rotatable bonds is 9. The van der Waals surface area contributed by atoms with Gasteiger partial charge in [-0.25, -0.2) is 0 Å². The molecule has 4 aliphatic carbocycles. The molecular weight excluding hydrogens is 520 g/mol. The van der Waals surface area contributed by atoms with E-state index in [-0.39, 0.29) is 10.8 Å². The highest BCUT2D eigenvalue weighted by Crippen LogP contribution is 2.71. The van der Waals surface area contributed by atoms with Crippen LogP contribution < -0.4 is 0 Å². The van der Waals surface area contributed by atoms with E-state index in [0.717, 1.165) is 64.8 Å². The molecule has 0 bridgehead atoms. The van der Waals surface area contributed by atoms with Gasteiger partial charge < -0.3 is 24.4 Å². The van der Waals surface area contributed by atoms with Crippen LogP contribution in [0.2, 0.25) is 0 Å². The number of likely N-dealkylation sites (tertiary alicyclic amines) is 2. The number of nitrogens with zero attached hydrogens (tertiary/aromatic N) is 2. The molecule has 0 unspecified atom stereocenters. The highest BCUT2D eigenvalue weighted by Gasteiger charge is 2.72. The monoisotopic (exact) mass is 576 g/mol. The van der Waals surface area contributed by atoms with Gasteiger partial charge in [0.05, 0.1) is 24.9 Å². The molecule has 5 fully saturated rings. The SMILES string of the molecule is C[C@]12CC[C@H]3[C@@H](CC=C4C[C@@H](OCCN5CCCC5)CC[C@@]43C)[C@@]1(O)CC[C@]2(OCCN1CCCC1)c1ccccc1. The Labute approximate surface area is 255 Å². The fraction of sp³-hybridized carbons (Fsp3) is 0.784. The van der Waals surface area contributed by atoms with E-state index in [4.69, 9.17) is 9.47 Å². The van der Waals surface area contributed by atoms with Crippen LogP contribution in [0.15, 0.2) is 42.0 Å². The van der Waals surface area contributed by atoms with Crippen LogP contribution in [0.3, 0.4) is 0 Å². The fourth-order valence-electron chi connectivity index (χ4n) is 10.9. The van der Waals surface area contributed by atoms with E-state index in [1.807, 2.05) is 0 Å². The highest BCUT2D eigenvalue weighted by molar-refractivity contribution is 5.35. The van der Waals surface area contributed by atoms with Gasteiger partial charge in [0.2, 0.25) is 0 Å². The zero-order valence-corrected chi connectivity index (χ0v) is 26.5. The minimum atomic E-state index is -0.715. The summed E-state index contributed by atoms with van der Waals surface area (Å²) in [7, 11) is 0. The maximum Gasteiger partial charge on any atom is 0.101 e. The molecule has 0 radical (unpaired) electrons. The van der Waals surface area contributed by atoms with Gasteiger partial charge in [-0.2, -0.15) is 0 Å². The van der Waals surface area contributed by atoms with Gasteiger partial charge in [0.15, 0.2) is 0 Å². The minimum Gasteiger partial charge on any atom is -0.389 e. The quantitative estimate of drug-likeness (QED) is 0.338. The van der Waals surface area contributed by atoms with Gasteiger partial charge in [-0.15, -0.1) is 0 Å². The van der Waals surface area contributed by atoms with Crippen molar-refractivity contribution in [1.29, 1.82) is 0 Å². The third kappa shape index (κ3) is 4.76. The molecule has 1 aromatic carbocycles. The van der Waals surface area contributed by atoms with Crippen molar-refractivity contribution in [2.45, 2.75) is 108 Å². The van der Waals surface area contributed by atoms with Crippen LogP contribution in [0.5, 0.6) is 0 Å². The molecule has 2 saturated heterocycles. The summed E-state index contributed by atoms with van der Waals surface area (Å²) in [4.78, 5) is 5.12. The minimum absolute atomic E-state index is 0.184. The van der Waals surface area contributed by atoms with Gasteiger partial charge in [0, 0.05) is 18.5 Å². The van der Waals surface area contributed by atoms with E-state index in [1.54, 1.807) is 5.57 Å². The van der Waals surface area contributed by atoms with Crippen LogP contribution >= 0.6 is 0 Å². The van der Waals surface area contributed by atoms with Crippen LogP contribution in [0, 0.1) is 22.7 Å². The molecule has 6 aliphatic rings. The van der Waals surface area contributed by atoms with Gasteiger partial charge >= 0.3 is 0 Å². The number of ether oxygens (including phenoxy) is 2. The van der Waals surface area contributed by atoms with Crippen LogP contribution in [0.4, 0.5) is 0 Å². The van der Waals surface area contributed by atoms with E-state index >= 15 is 0 Å². The van der Waals surface area contributed by atoms with Crippen molar-refractivity contribution in [1.82, 2.24) is 9.80 Å². The maximum atomic E-state index is 13.0. The third-order valence-electron chi connectivity index (χ3n) is 13.5. The van der Waals surface area contributed by atoms with Crippen molar-refractivity contribution in [2.24, 2.45) is 22.7 Å². The first-order valence-electron chi connectivity index (χ1n) is 17.6. The molecule has 0 spiro atoms. The smallest absolute Gasteiger partial charge is 0.101 e. The molecule has 7 atom stereocenters. The first-order valence-corrected chi connectivity index (χ1v) is 17.6. The first-order chi connectivity index (χ1) is 20.4. The maximum absolute atomic E-state index is 13.0. The highest BCUT2D eigenvalue weighted by atomic mass is 16.5. The second-order valence-electron chi connectivity index (χ2n) is 15.3. The topological polar surface area (TPSA) is 45.2 Å². The molecular formula is C37H56N2O3. The number of fused-ring (bicyclic) bond motifs is 5. The normalized spacial score (nSPS) is 42.3. The fourth-order valence-corrected chi connectivity index (χ4v) is 10.9. The Kier molecular flexibility index (Phi) is 8.14. The third-order valence-corrected chi connectivity index (χ3v) is 13.5. The van der Waals surface area contributed by atoms with Crippen molar-refractivity contribution in [3.05, 3.63) is 47.5 Å². The van der Waals surface area contributed by atoms with E-state index < -0.39 is 11.2 Å². The molecule has 3 saturated carbocycles. The molecule has 42 heavy (non-hydrogen) atoms. The van der Waals surface area contributed by atoms with Gasteiger partial charge in [0.25, 0.3) is 0 Å². The summed E-state index contributed by atoms with van der Waals surface area (Å²) < 4.78 is 13.6. The molecule has 1 aromatic rings.